The van der Waals surface area contributed by atoms with Gasteiger partial charge in [0.2, 0.25) is 0 Å². The van der Waals surface area contributed by atoms with E-state index in [1.165, 1.54) is 18.3 Å². The minimum Gasteiger partial charge on any atom is -0.276 e. The van der Waals surface area contributed by atoms with Crippen molar-refractivity contribution in [2.75, 3.05) is 4.72 Å². The molecule has 0 bridgehead atoms. The Bertz CT molecular complexity index is 768. The second-order valence-electron chi connectivity index (χ2n) is 5.00. The van der Waals surface area contributed by atoms with E-state index < -0.39 is 10.0 Å². The summed E-state index contributed by atoms with van der Waals surface area (Å²) >= 11 is 5.74. The molecule has 0 aromatic carbocycles. The number of sulfonamides is 1. The van der Waals surface area contributed by atoms with Crippen molar-refractivity contribution in [2.45, 2.75) is 38.6 Å². The molecular formula is C13H17ClN4O2S. The molecular weight excluding hydrogens is 312 g/mol. The van der Waals surface area contributed by atoms with Crippen molar-refractivity contribution in [1.29, 1.82) is 0 Å². The third kappa shape index (κ3) is 3.19. The Kier molecular flexibility index (Phi) is 4.25. The van der Waals surface area contributed by atoms with Gasteiger partial charge in [-0.3, -0.25) is 9.40 Å². The lowest BCUT2D eigenvalue weighted by molar-refractivity contribution is 0.516. The maximum absolute atomic E-state index is 12.4. The molecule has 8 heteroatoms. The standard InChI is InChI=1S/C13H17ClN4O2S/c1-8(2)18-10(4)13(9(3)16-18)17-21(19,20)11-5-6-15-12(14)7-11/h5-8,17H,1-4H3. The van der Waals surface area contributed by atoms with E-state index in [9.17, 15) is 8.42 Å². The van der Waals surface area contributed by atoms with Crippen LogP contribution in [0.15, 0.2) is 23.2 Å². The monoisotopic (exact) mass is 328 g/mol. The average molecular weight is 329 g/mol. The number of nitrogens with zero attached hydrogens (tertiary/aromatic N) is 3. The van der Waals surface area contributed by atoms with Crippen LogP contribution in [0.25, 0.3) is 0 Å². The first kappa shape index (κ1) is 15.8. The van der Waals surface area contributed by atoms with Crippen molar-refractivity contribution in [3.63, 3.8) is 0 Å². The molecule has 0 saturated heterocycles. The normalized spacial score (nSPS) is 11.9. The molecule has 0 aliphatic rings. The van der Waals surface area contributed by atoms with Gasteiger partial charge in [0, 0.05) is 12.2 Å². The predicted octanol–water partition coefficient (Wildman–Crippen LogP) is 2.93. The van der Waals surface area contributed by atoms with Gasteiger partial charge in [0.25, 0.3) is 10.0 Å². The molecule has 6 nitrogen and oxygen atoms in total. The Hall–Kier alpha value is -1.60. The van der Waals surface area contributed by atoms with Gasteiger partial charge in [-0.15, -0.1) is 0 Å². The zero-order valence-corrected chi connectivity index (χ0v) is 13.8. The fourth-order valence-corrected chi connectivity index (χ4v) is 3.49. The van der Waals surface area contributed by atoms with Crippen molar-refractivity contribution in [1.82, 2.24) is 14.8 Å². The third-order valence-electron chi connectivity index (χ3n) is 3.06. The highest BCUT2D eigenvalue weighted by Gasteiger charge is 2.21. The van der Waals surface area contributed by atoms with Crippen LogP contribution in [0.5, 0.6) is 0 Å². The summed E-state index contributed by atoms with van der Waals surface area (Å²) in [6, 6.07) is 2.85. The molecule has 0 aliphatic carbocycles. The fourth-order valence-electron chi connectivity index (χ4n) is 2.06. The SMILES string of the molecule is Cc1nn(C(C)C)c(C)c1NS(=O)(=O)c1ccnc(Cl)c1. The fraction of sp³-hybridized carbons (Fsp3) is 0.385. The van der Waals surface area contributed by atoms with Gasteiger partial charge < -0.3 is 0 Å². The van der Waals surface area contributed by atoms with E-state index in [0.717, 1.165) is 5.69 Å². The number of anilines is 1. The lowest BCUT2D eigenvalue weighted by atomic mass is 10.3. The highest BCUT2D eigenvalue weighted by atomic mass is 35.5. The maximum Gasteiger partial charge on any atom is 0.262 e. The summed E-state index contributed by atoms with van der Waals surface area (Å²) in [6.07, 6.45) is 1.36. The van der Waals surface area contributed by atoms with Crippen molar-refractivity contribution in [2.24, 2.45) is 0 Å². The van der Waals surface area contributed by atoms with Crippen LogP contribution in [-0.2, 0) is 10.0 Å². The molecule has 2 heterocycles. The number of hydrogen-bond donors (Lipinski definition) is 1. The van der Waals surface area contributed by atoms with Gasteiger partial charge >= 0.3 is 0 Å². The lowest BCUT2D eigenvalue weighted by Crippen LogP contribution is -2.14. The van der Waals surface area contributed by atoms with E-state index in [1.807, 2.05) is 20.8 Å². The van der Waals surface area contributed by atoms with Crippen LogP contribution < -0.4 is 4.72 Å². The van der Waals surface area contributed by atoms with Gasteiger partial charge in [-0.05, 0) is 39.8 Å². The number of nitrogens with one attached hydrogen (secondary N) is 1. The van der Waals surface area contributed by atoms with E-state index in [1.54, 1.807) is 11.6 Å². The van der Waals surface area contributed by atoms with E-state index in [0.29, 0.717) is 11.4 Å². The maximum atomic E-state index is 12.4. The molecule has 21 heavy (non-hydrogen) atoms. The van der Waals surface area contributed by atoms with Crippen molar-refractivity contribution in [3.05, 3.63) is 34.9 Å². The van der Waals surface area contributed by atoms with Crippen molar-refractivity contribution < 1.29 is 8.42 Å². The molecule has 2 rings (SSSR count). The summed E-state index contributed by atoms with van der Waals surface area (Å²) in [6.45, 7) is 7.57. The summed E-state index contributed by atoms with van der Waals surface area (Å²) in [5, 5.41) is 4.49. The number of pyridine rings is 1. The first-order valence-corrected chi connectivity index (χ1v) is 8.28. The summed E-state index contributed by atoms with van der Waals surface area (Å²) in [5.74, 6) is 0. The molecule has 2 aromatic heterocycles. The number of aryl methyl sites for hydroxylation is 1. The molecule has 1 N–H and O–H groups in total. The number of aromatic nitrogens is 3. The van der Waals surface area contributed by atoms with Crippen molar-refractivity contribution in [3.8, 4) is 0 Å². The Morgan fingerprint density at radius 2 is 2.00 bits per heavy atom. The van der Waals surface area contributed by atoms with Gasteiger partial charge in [0.05, 0.1) is 22.0 Å². The van der Waals surface area contributed by atoms with E-state index in [4.69, 9.17) is 11.6 Å². The van der Waals surface area contributed by atoms with E-state index >= 15 is 0 Å². The Morgan fingerprint density at radius 1 is 1.33 bits per heavy atom. The van der Waals surface area contributed by atoms with Gasteiger partial charge in [-0.2, -0.15) is 5.10 Å². The third-order valence-corrected chi connectivity index (χ3v) is 4.61. The van der Waals surface area contributed by atoms with Gasteiger partial charge in [0.1, 0.15) is 5.15 Å². The molecule has 0 fully saturated rings. The molecule has 0 spiro atoms. The zero-order valence-electron chi connectivity index (χ0n) is 12.3. The topological polar surface area (TPSA) is 76.9 Å². The largest absolute Gasteiger partial charge is 0.276 e. The lowest BCUT2D eigenvalue weighted by Gasteiger charge is -2.10. The first-order valence-electron chi connectivity index (χ1n) is 6.42. The Labute approximate surface area is 129 Å². The summed E-state index contributed by atoms with van der Waals surface area (Å²) in [7, 11) is -3.72. The van der Waals surface area contributed by atoms with Crippen LogP contribution in [0.4, 0.5) is 5.69 Å². The van der Waals surface area contributed by atoms with E-state index in [2.05, 4.69) is 14.8 Å². The quantitative estimate of drug-likeness (QED) is 0.875. The highest BCUT2D eigenvalue weighted by molar-refractivity contribution is 7.92. The second-order valence-corrected chi connectivity index (χ2v) is 7.07. The van der Waals surface area contributed by atoms with Gasteiger partial charge in [-0.1, -0.05) is 11.6 Å². The summed E-state index contributed by atoms with van der Waals surface area (Å²) in [5.41, 5.74) is 1.90. The Balaban J connectivity index is 2.42. The van der Waals surface area contributed by atoms with Crippen LogP contribution in [0.2, 0.25) is 5.15 Å². The molecule has 2 aromatic rings. The van der Waals surface area contributed by atoms with Crippen LogP contribution >= 0.6 is 11.6 Å². The van der Waals surface area contributed by atoms with Crippen LogP contribution in [-0.4, -0.2) is 23.2 Å². The smallest absolute Gasteiger partial charge is 0.262 e. The average Bonchev–Trinajstić information content (AvgIpc) is 2.66. The van der Waals surface area contributed by atoms with Gasteiger partial charge in [0.15, 0.2) is 0 Å². The summed E-state index contributed by atoms with van der Waals surface area (Å²) in [4.78, 5) is 3.85. The Morgan fingerprint density at radius 3 is 2.52 bits per heavy atom. The van der Waals surface area contributed by atoms with Crippen LogP contribution in [0, 0.1) is 13.8 Å². The molecule has 114 valence electrons. The number of halogens is 1. The molecule has 0 amide bonds. The second kappa shape index (κ2) is 5.65. The highest BCUT2D eigenvalue weighted by Crippen LogP contribution is 2.25. The molecule has 0 aliphatic heterocycles. The first-order chi connectivity index (χ1) is 9.72. The number of rotatable bonds is 4. The molecule has 0 radical (unpaired) electrons. The number of hydrogen-bond acceptors (Lipinski definition) is 4. The van der Waals surface area contributed by atoms with Crippen LogP contribution in [0.3, 0.4) is 0 Å². The van der Waals surface area contributed by atoms with Crippen LogP contribution in [0.1, 0.15) is 31.3 Å². The van der Waals surface area contributed by atoms with E-state index in [-0.39, 0.29) is 16.1 Å². The minimum absolute atomic E-state index is 0.0681. The predicted molar refractivity (Wildman–Crippen MR) is 82.1 cm³/mol. The van der Waals surface area contributed by atoms with Crippen molar-refractivity contribution >= 4 is 27.3 Å². The minimum atomic E-state index is -3.72. The summed E-state index contributed by atoms with van der Waals surface area (Å²) < 4.78 is 29.2. The van der Waals surface area contributed by atoms with Gasteiger partial charge in [-0.25, -0.2) is 13.4 Å². The zero-order chi connectivity index (χ0) is 15.8. The molecule has 0 saturated carbocycles. The molecule has 0 atom stereocenters. The molecule has 0 unspecified atom stereocenters.